The minimum absolute atomic E-state index is 0.361. The first kappa shape index (κ1) is 20.7. The molecule has 4 N–H and O–H groups in total. The topological polar surface area (TPSA) is 81.4 Å². The number of hydrogen-bond donors (Lipinski definition) is 4. The summed E-state index contributed by atoms with van der Waals surface area (Å²) >= 11 is 0. The SMILES string of the molecule is CCCNCc1ncc(-c2ccc(-c3ccc(-c4cnc(C5CCCN5)[nH]4)cc3)cc2)[nH]1. The van der Waals surface area contributed by atoms with Crippen LogP contribution in [0.3, 0.4) is 0 Å². The molecule has 6 nitrogen and oxygen atoms in total. The predicted molar refractivity (Wildman–Crippen MR) is 129 cm³/mol. The zero-order valence-electron chi connectivity index (χ0n) is 18.5. The van der Waals surface area contributed by atoms with Gasteiger partial charge in [0.25, 0.3) is 0 Å². The minimum Gasteiger partial charge on any atom is -0.341 e. The highest BCUT2D eigenvalue weighted by Gasteiger charge is 2.19. The van der Waals surface area contributed by atoms with Gasteiger partial charge in [0.05, 0.1) is 36.4 Å². The Kier molecular flexibility index (Phi) is 6.14. The Labute approximate surface area is 188 Å². The van der Waals surface area contributed by atoms with Crippen molar-refractivity contribution in [2.45, 2.75) is 38.8 Å². The van der Waals surface area contributed by atoms with Crippen molar-refractivity contribution in [1.82, 2.24) is 30.6 Å². The van der Waals surface area contributed by atoms with Crippen molar-refractivity contribution < 1.29 is 0 Å². The van der Waals surface area contributed by atoms with Crippen LogP contribution in [0.4, 0.5) is 0 Å². The summed E-state index contributed by atoms with van der Waals surface area (Å²) in [5, 5.41) is 6.87. The van der Waals surface area contributed by atoms with Crippen LogP contribution < -0.4 is 10.6 Å². The Morgan fingerprint density at radius 1 is 0.844 bits per heavy atom. The van der Waals surface area contributed by atoms with Crippen molar-refractivity contribution in [3.63, 3.8) is 0 Å². The molecule has 6 heteroatoms. The quantitative estimate of drug-likeness (QED) is 0.297. The fourth-order valence-corrected chi connectivity index (χ4v) is 4.25. The highest BCUT2D eigenvalue weighted by atomic mass is 15.0. The number of benzene rings is 2. The lowest BCUT2D eigenvalue weighted by Crippen LogP contribution is -2.14. The van der Waals surface area contributed by atoms with Crippen LogP contribution >= 0.6 is 0 Å². The Bertz CT molecular complexity index is 1130. The zero-order valence-corrected chi connectivity index (χ0v) is 18.5. The number of aromatic nitrogens is 4. The fourth-order valence-electron chi connectivity index (χ4n) is 4.25. The third-order valence-corrected chi connectivity index (χ3v) is 6.06. The molecule has 5 rings (SSSR count). The van der Waals surface area contributed by atoms with Gasteiger partial charge in [0.2, 0.25) is 0 Å². The van der Waals surface area contributed by atoms with E-state index in [0.29, 0.717) is 6.04 Å². The molecule has 4 aromatic rings. The number of imidazole rings is 2. The molecular weight excluding hydrogens is 396 g/mol. The normalized spacial score (nSPS) is 16.0. The number of H-pyrrole nitrogens is 2. The molecule has 164 valence electrons. The zero-order chi connectivity index (χ0) is 21.8. The van der Waals surface area contributed by atoms with Gasteiger partial charge >= 0.3 is 0 Å². The monoisotopic (exact) mass is 426 g/mol. The number of rotatable bonds is 8. The molecule has 0 aliphatic carbocycles. The molecule has 2 aromatic carbocycles. The van der Waals surface area contributed by atoms with E-state index in [0.717, 1.165) is 66.6 Å². The van der Waals surface area contributed by atoms with Crippen LogP contribution in [0.15, 0.2) is 60.9 Å². The van der Waals surface area contributed by atoms with Gasteiger partial charge in [0.1, 0.15) is 11.6 Å². The highest BCUT2D eigenvalue weighted by Crippen LogP contribution is 2.28. The predicted octanol–water partition coefficient (Wildman–Crippen LogP) is 5.06. The van der Waals surface area contributed by atoms with Gasteiger partial charge in [-0.25, -0.2) is 9.97 Å². The maximum Gasteiger partial charge on any atom is 0.123 e. The van der Waals surface area contributed by atoms with Gasteiger partial charge in [-0.05, 0) is 54.6 Å². The number of nitrogens with one attached hydrogen (secondary N) is 4. The molecule has 0 saturated carbocycles. The summed E-state index contributed by atoms with van der Waals surface area (Å²) in [7, 11) is 0. The number of hydrogen-bond acceptors (Lipinski definition) is 4. The Hall–Kier alpha value is -3.22. The van der Waals surface area contributed by atoms with Crippen LogP contribution in [0.25, 0.3) is 33.6 Å². The first-order chi connectivity index (χ1) is 15.8. The lowest BCUT2D eigenvalue weighted by Gasteiger charge is -2.06. The van der Waals surface area contributed by atoms with Crippen LogP contribution in [0, 0.1) is 0 Å². The molecule has 1 unspecified atom stereocenters. The summed E-state index contributed by atoms with van der Waals surface area (Å²) in [6.45, 7) is 5.01. The molecule has 0 bridgehead atoms. The second-order valence-corrected chi connectivity index (χ2v) is 8.41. The second kappa shape index (κ2) is 9.51. The van der Waals surface area contributed by atoms with E-state index in [1.807, 2.05) is 12.4 Å². The fraction of sp³-hybridized carbons (Fsp3) is 0.308. The van der Waals surface area contributed by atoms with Crippen molar-refractivity contribution >= 4 is 0 Å². The van der Waals surface area contributed by atoms with Gasteiger partial charge in [-0.15, -0.1) is 0 Å². The summed E-state index contributed by atoms with van der Waals surface area (Å²) in [4.78, 5) is 16.0. The summed E-state index contributed by atoms with van der Waals surface area (Å²) in [6, 6.07) is 17.7. The molecule has 32 heavy (non-hydrogen) atoms. The van der Waals surface area contributed by atoms with E-state index in [-0.39, 0.29) is 0 Å². The molecule has 1 saturated heterocycles. The third kappa shape index (κ3) is 4.52. The Morgan fingerprint density at radius 3 is 2.09 bits per heavy atom. The van der Waals surface area contributed by atoms with Crippen molar-refractivity contribution in [2.24, 2.45) is 0 Å². The lowest BCUT2D eigenvalue weighted by atomic mass is 10.0. The largest absolute Gasteiger partial charge is 0.341 e. The van der Waals surface area contributed by atoms with E-state index in [2.05, 4.69) is 86.0 Å². The molecule has 0 amide bonds. The van der Waals surface area contributed by atoms with Gasteiger partial charge in [-0.3, -0.25) is 0 Å². The van der Waals surface area contributed by atoms with Gasteiger partial charge < -0.3 is 20.6 Å². The average molecular weight is 427 g/mol. The summed E-state index contributed by atoms with van der Waals surface area (Å²) in [6.07, 6.45) is 7.34. The van der Waals surface area contributed by atoms with Gasteiger partial charge in [-0.1, -0.05) is 55.5 Å². The molecule has 2 aromatic heterocycles. The Balaban J connectivity index is 1.26. The first-order valence-corrected chi connectivity index (χ1v) is 11.5. The maximum absolute atomic E-state index is 4.59. The lowest BCUT2D eigenvalue weighted by molar-refractivity contribution is 0.613. The molecule has 1 atom stereocenters. The first-order valence-electron chi connectivity index (χ1n) is 11.5. The third-order valence-electron chi connectivity index (χ3n) is 6.06. The van der Waals surface area contributed by atoms with Gasteiger partial charge in [0.15, 0.2) is 0 Å². The molecule has 0 radical (unpaired) electrons. The van der Waals surface area contributed by atoms with Crippen LogP contribution in [-0.4, -0.2) is 33.0 Å². The summed E-state index contributed by atoms with van der Waals surface area (Å²) in [5.41, 5.74) is 6.82. The molecule has 1 aliphatic heterocycles. The summed E-state index contributed by atoms with van der Waals surface area (Å²) in [5.74, 6) is 2.01. The van der Waals surface area contributed by atoms with Gasteiger partial charge in [-0.2, -0.15) is 0 Å². The van der Waals surface area contributed by atoms with E-state index in [1.165, 1.54) is 17.5 Å². The maximum atomic E-state index is 4.59. The van der Waals surface area contributed by atoms with E-state index < -0.39 is 0 Å². The summed E-state index contributed by atoms with van der Waals surface area (Å²) < 4.78 is 0. The molecular formula is C26H30N6. The minimum atomic E-state index is 0.361. The van der Waals surface area contributed by atoms with Crippen molar-refractivity contribution in [1.29, 1.82) is 0 Å². The van der Waals surface area contributed by atoms with E-state index >= 15 is 0 Å². The van der Waals surface area contributed by atoms with Gasteiger partial charge in [0, 0.05) is 0 Å². The molecule has 0 spiro atoms. The van der Waals surface area contributed by atoms with E-state index in [1.54, 1.807) is 0 Å². The molecule has 1 fully saturated rings. The van der Waals surface area contributed by atoms with E-state index in [4.69, 9.17) is 0 Å². The number of aromatic amines is 2. The van der Waals surface area contributed by atoms with Crippen LogP contribution in [0.1, 0.15) is 43.9 Å². The highest BCUT2D eigenvalue weighted by molar-refractivity contribution is 5.71. The van der Waals surface area contributed by atoms with Crippen LogP contribution in [0.2, 0.25) is 0 Å². The molecule has 3 heterocycles. The standard InChI is InChI=1S/C26H30N6/c1-2-13-27-17-25-29-15-23(31-25)20-9-5-18(6-10-20)19-7-11-21(12-8-19)24-16-30-26(32-24)22-4-3-14-28-22/h5-12,15-16,22,27-28H,2-4,13-14,17H2,1H3,(H,29,31)(H,30,32). The van der Waals surface area contributed by atoms with Crippen molar-refractivity contribution in [3.8, 4) is 33.6 Å². The molecule has 1 aliphatic rings. The number of nitrogens with zero attached hydrogens (tertiary/aromatic N) is 2. The smallest absolute Gasteiger partial charge is 0.123 e. The van der Waals surface area contributed by atoms with Crippen molar-refractivity contribution in [3.05, 3.63) is 72.6 Å². The van der Waals surface area contributed by atoms with Crippen molar-refractivity contribution in [2.75, 3.05) is 13.1 Å². The van der Waals surface area contributed by atoms with E-state index in [9.17, 15) is 0 Å². The van der Waals surface area contributed by atoms with Crippen LogP contribution in [0.5, 0.6) is 0 Å². The average Bonchev–Trinajstić information content (AvgIpc) is 3.61. The Morgan fingerprint density at radius 2 is 1.47 bits per heavy atom. The van der Waals surface area contributed by atoms with Crippen LogP contribution in [-0.2, 0) is 6.54 Å². The second-order valence-electron chi connectivity index (χ2n) is 8.41.